The lowest BCUT2D eigenvalue weighted by atomic mass is 10.0. The van der Waals surface area contributed by atoms with Crippen LogP contribution in [0, 0.1) is 0 Å². The number of hydrogen-bond acceptors (Lipinski definition) is 5. The van der Waals surface area contributed by atoms with E-state index < -0.39 is 23.9 Å². The van der Waals surface area contributed by atoms with Crippen LogP contribution in [0.15, 0.2) is 48.5 Å². The lowest BCUT2D eigenvalue weighted by Gasteiger charge is -2.14. The first-order valence-electron chi connectivity index (χ1n) is 10.3. The number of rotatable bonds is 9. The zero-order valence-corrected chi connectivity index (χ0v) is 18.6. The van der Waals surface area contributed by atoms with E-state index in [1.54, 1.807) is 36.4 Å². The van der Waals surface area contributed by atoms with Crippen molar-refractivity contribution in [2.75, 3.05) is 11.9 Å². The Kier molecular flexibility index (Phi) is 8.61. The lowest BCUT2D eigenvalue weighted by molar-refractivity contribution is -0.152. The SMILES string of the molecule is CC(C)Oc1ccc(C(=O)NCC(=O)O[C@@H](C)C(=O)Nc2ccc(C(C)C)cc2)cc1. The summed E-state index contributed by atoms with van der Waals surface area (Å²) in [6.07, 6.45) is -0.963. The fourth-order valence-electron chi connectivity index (χ4n) is 2.70. The topological polar surface area (TPSA) is 93.7 Å². The largest absolute Gasteiger partial charge is 0.491 e. The molecule has 0 saturated carbocycles. The van der Waals surface area contributed by atoms with Gasteiger partial charge in [0.25, 0.3) is 11.8 Å². The van der Waals surface area contributed by atoms with Crippen LogP contribution in [-0.2, 0) is 14.3 Å². The van der Waals surface area contributed by atoms with Gasteiger partial charge in [-0.3, -0.25) is 14.4 Å². The molecular formula is C24H30N2O5. The zero-order valence-electron chi connectivity index (χ0n) is 18.6. The Bertz CT molecular complexity index is 889. The lowest BCUT2D eigenvalue weighted by Crippen LogP contribution is -2.35. The summed E-state index contributed by atoms with van der Waals surface area (Å²) in [6.45, 7) is 9.13. The molecule has 31 heavy (non-hydrogen) atoms. The minimum absolute atomic E-state index is 0.0352. The van der Waals surface area contributed by atoms with Crippen molar-refractivity contribution in [3.8, 4) is 5.75 Å². The number of benzene rings is 2. The molecule has 0 aliphatic rings. The van der Waals surface area contributed by atoms with Crippen LogP contribution in [0.5, 0.6) is 5.75 Å². The molecule has 2 aromatic rings. The predicted molar refractivity (Wildman–Crippen MR) is 119 cm³/mol. The highest BCUT2D eigenvalue weighted by Crippen LogP contribution is 2.17. The van der Waals surface area contributed by atoms with E-state index in [1.807, 2.05) is 26.0 Å². The molecule has 0 aliphatic carbocycles. The van der Waals surface area contributed by atoms with E-state index in [2.05, 4.69) is 24.5 Å². The smallest absolute Gasteiger partial charge is 0.326 e. The monoisotopic (exact) mass is 426 g/mol. The molecule has 7 nitrogen and oxygen atoms in total. The van der Waals surface area contributed by atoms with Crippen LogP contribution >= 0.6 is 0 Å². The minimum atomic E-state index is -0.998. The minimum Gasteiger partial charge on any atom is -0.491 e. The first kappa shape index (κ1) is 23.9. The van der Waals surface area contributed by atoms with Crippen molar-refractivity contribution in [3.05, 3.63) is 59.7 Å². The molecular weight excluding hydrogens is 396 g/mol. The zero-order chi connectivity index (χ0) is 23.0. The molecule has 0 fully saturated rings. The summed E-state index contributed by atoms with van der Waals surface area (Å²) in [4.78, 5) is 36.4. The number of hydrogen-bond donors (Lipinski definition) is 2. The molecule has 0 spiro atoms. The van der Waals surface area contributed by atoms with Gasteiger partial charge < -0.3 is 20.1 Å². The molecule has 1 atom stereocenters. The van der Waals surface area contributed by atoms with Crippen molar-refractivity contribution < 1.29 is 23.9 Å². The molecule has 0 aliphatic heterocycles. The number of amides is 2. The van der Waals surface area contributed by atoms with Gasteiger partial charge in [0.15, 0.2) is 6.10 Å². The van der Waals surface area contributed by atoms with Crippen LogP contribution in [0.25, 0.3) is 0 Å². The maximum atomic E-state index is 12.2. The van der Waals surface area contributed by atoms with E-state index in [0.717, 1.165) is 5.56 Å². The number of ether oxygens (including phenoxy) is 2. The van der Waals surface area contributed by atoms with Gasteiger partial charge in [0.2, 0.25) is 0 Å². The third kappa shape index (κ3) is 7.77. The third-order valence-electron chi connectivity index (χ3n) is 4.40. The van der Waals surface area contributed by atoms with Gasteiger partial charge in [0.1, 0.15) is 12.3 Å². The van der Waals surface area contributed by atoms with E-state index in [0.29, 0.717) is 22.9 Å². The maximum absolute atomic E-state index is 12.2. The highest BCUT2D eigenvalue weighted by atomic mass is 16.5. The standard InChI is InChI=1S/C24H30N2O5/c1-15(2)18-6-10-20(11-7-18)26-23(28)17(5)31-22(27)14-25-24(29)19-8-12-21(13-9-19)30-16(3)4/h6-13,15-17H,14H2,1-5H3,(H,25,29)(H,26,28)/t17-/m0/s1. The van der Waals surface area contributed by atoms with E-state index >= 15 is 0 Å². The molecule has 0 unspecified atom stereocenters. The van der Waals surface area contributed by atoms with Crippen molar-refractivity contribution in [1.29, 1.82) is 0 Å². The molecule has 7 heteroatoms. The highest BCUT2D eigenvalue weighted by molar-refractivity contribution is 5.97. The number of esters is 1. The summed E-state index contributed by atoms with van der Waals surface area (Å²) < 4.78 is 10.6. The molecule has 2 amide bonds. The fraction of sp³-hybridized carbons (Fsp3) is 0.375. The molecule has 0 radical (unpaired) electrons. The molecule has 0 heterocycles. The number of carbonyl (C=O) groups is 3. The van der Waals surface area contributed by atoms with E-state index in [9.17, 15) is 14.4 Å². The summed E-state index contributed by atoms with van der Waals surface area (Å²) >= 11 is 0. The van der Waals surface area contributed by atoms with E-state index in [-0.39, 0.29) is 12.6 Å². The van der Waals surface area contributed by atoms with Gasteiger partial charge in [-0.1, -0.05) is 26.0 Å². The summed E-state index contributed by atoms with van der Waals surface area (Å²) in [5.74, 6) is -0.519. The Balaban J connectivity index is 1.79. The number of anilines is 1. The van der Waals surface area contributed by atoms with Crippen LogP contribution in [0.3, 0.4) is 0 Å². The van der Waals surface area contributed by atoms with Crippen molar-refractivity contribution in [1.82, 2.24) is 5.32 Å². The molecule has 166 valence electrons. The van der Waals surface area contributed by atoms with Crippen molar-refractivity contribution in [2.45, 2.75) is 52.7 Å². The van der Waals surface area contributed by atoms with Gasteiger partial charge in [-0.25, -0.2) is 0 Å². The first-order valence-corrected chi connectivity index (χ1v) is 10.3. The summed E-state index contributed by atoms with van der Waals surface area (Å²) in [5.41, 5.74) is 2.17. The van der Waals surface area contributed by atoms with Crippen LogP contribution in [-0.4, -0.2) is 36.5 Å². The van der Waals surface area contributed by atoms with Gasteiger partial charge in [0, 0.05) is 11.3 Å². The summed E-state index contributed by atoms with van der Waals surface area (Å²) in [6, 6.07) is 14.1. The van der Waals surface area contributed by atoms with Gasteiger partial charge in [0.05, 0.1) is 6.10 Å². The predicted octanol–water partition coefficient (Wildman–Crippen LogP) is 3.90. The second-order valence-electron chi connectivity index (χ2n) is 7.77. The summed E-state index contributed by atoms with van der Waals surface area (Å²) in [5, 5.41) is 5.19. The van der Waals surface area contributed by atoms with E-state index in [1.165, 1.54) is 6.92 Å². The average molecular weight is 427 g/mol. The normalized spacial score (nSPS) is 11.7. The molecule has 0 saturated heterocycles. The van der Waals surface area contributed by atoms with Gasteiger partial charge in [-0.15, -0.1) is 0 Å². The van der Waals surface area contributed by atoms with Crippen LogP contribution in [0.1, 0.15) is 56.5 Å². The molecule has 2 rings (SSSR count). The molecule has 0 bridgehead atoms. The number of carbonyl (C=O) groups excluding carboxylic acids is 3. The molecule has 2 aromatic carbocycles. The third-order valence-corrected chi connectivity index (χ3v) is 4.40. The Morgan fingerprint density at radius 1 is 0.871 bits per heavy atom. The molecule has 2 N–H and O–H groups in total. The fourth-order valence-corrected chi connectivity index (χ4v) is 2.70. The highest BCUT2D eigenvalue weighted by Gasteiger charge is 2.19. The van der Waals surface area contributed by atoms with Crippen molar-refractivity contribution >= 4 is 23.5 Å². The van der Waals surface area contributed by atoms with Gasteiger partial charge in [-0.2, -0.15) is 0 Å². The number of nitrogens with one attached hydrogen (secondary N) is 2. The van der Waals surface area contributed by atoms with Crippen molar-refractivity contribution in [3.63, 3.8) is 0 Å². The van der Waals surface area contributed by atoms with Gasteiger partial charge >= 0.3 is 5.97 Å². The Labute approximate surface area is 183 Å². The second-order valence-corrected chi connectivity index (χ2v) is 7.77. The van der Waals surface area contributed by atoms with Crippen LogP contribution in [0.2, 0.25) is 0 Å². The van der Waals surface area contributed by atoms with Crippen molar-refractivity contribution in [2.24, 2.45) is 0 Å². The Morgan fingerprint density at radius 2 is 1.48 bits per heavy atom. The van der Waals surface area contributed by atoms with Crippen LogP contribution < -0.4 is 15.4 Å². The van der Waals surface area contributed by atoms with E-state index in [4.69, 9.17) is 9.47 Å². The Morgan fingerprint density at radius 3 is 2.03 bits per heavy atom. The molecule has 0 aromatic heterocycles. The quantitative estimate of drug-likeness (QED) is 0.593. The maximum Gasteiger partial charge on any atom is 0.326 e. The first-order chi connectivity index (χ1) is 14.7. The van der Waals surface area contributed by atoms with Gasteiger partial charge in [-0.05, 0) is 68.7 Å². The average Bonchev–Trinajstić information content (AvgIpc) is 2.72. The Hall–Kier alpha value is -3.35. The second kappa shape index (κ2) is 11.2. The summed E-state index contributed by atoms with van der Waals surface area (Å²) in [7, 11) is 0. The van der Waals surface area contributed by atoms with Crippen LogP contribution in [0.4, 0.5) is 5.69 Å².